The number of aliphatic hydroxyl groups excluding tert-OH is 1. The van der Waals surface area contributed by atoms with Crippen molar-refractivity contribution in [1.82, 2.24) is 0 Å². The lowest BCUT2D eigenvalue weighted by molar-refractivity contribution is 0.132. The summed E-state index contributed by atoms with van der Waals surface area (Å²) in [6, 6.07) is 1.13. The Kier molecular flexibility index (Phi) is 3.75. The first-order valence-corrected chi connectivity index (χ1v) is 9.16. The van der Waals surface area contributed by atoms with Crippen LogP contribution in [0.1, 0.15) is 18.1 Å². The fourth-order valence-corrected chi connectivity index (χ4v) is 6.52. The van der Waals surface area contributed by atoms with Crippen LogP contribution in [-0.4, -0.2) is 40.9 Å². The largest absolute Gasteiger partial charge is 0.388 e. The minimum atomic E-state index is -3.99. The van der Waals surface area contributed by atoms with Crippen LogP contribution in [0.2, 0.25) is 0 Å². The molecule has 19 heavy (non-hydrogen) atoms. The van der Waals surface area contributed by atoms with E-state index in [1.165, 1.54) is 7.11 Å². The van der Waals surface area contributed by atoms with Gasteiger partial charge in [0.15, 0.2) is 9.84 Å². The highest BCUT2D eigenvalue weighted by atomic mass is 32.3. The Labute approximate surface area is 115 Å². The molecule has 1 aliphatic rings. The molecule has 108 valence electrons. The van der Waals surface area contributed by atoms with Crippen molar-refractivity contribution in [2.45, 2.75) is 26.2 Å². The van der Waals surface area contributed by atoms with E-state index in [1.54, 1.807) is 0 Å². The van der Waals surface area contributed by atoms with Gasteiger partial charge in [0, 0.05) is 12.7 Å². The molecule has 0 aliphatic carbocycles. The Morgan fingerprint density at radius 3 is 2.74 bits per heavy atom. The van der Waals surface area contributed by atoms with Crippen LogP contribution in [0.4, 0.5) is 0 Å². The number of rotatable bonds is 3. The highest BCUT2D eigenvalue weighted by molar-refractivity contribution is 7.95. The van der Waals surface area contributed by atoms with Gasteiger partial charge in [0.25, 0.3) is 0 Å². The molecule has 2 rings (SSSR count). The molecule has 0 amide bonds. The average molecular weight is 327 g/mol. The summed E-state index contributed by atoms with van der Waals surface area (Å²) in [4.78, 5) is 0. The molecule has 1 aromatic rings. The van der Waals surface area contributed by atoms with Crippen molar-refractivity contribution in [2.75, 3.05) is 13.7 Å². The number of primary sulfonamides is 1. The highest BCUT2D eigenvalue weighted by Crippen LogP contribution is 2.42. The molecule has 2 heterocycles. The number of hydrogen-bond acceptors (Lipinski definition) is 7. The third kappa shape index (κ3) is 2.56. The summed E-state index contributed by atoms with van der Waals surface area (Å²) in [5.74, 6) is 0. The monoisotopic (exact) mass is 327 g/mol. The van der Waals surface area contributed by atoms with E-state index in [0.717, 1.165) is 6.07 Å². The summed E-state index contributed by atoms with van der Waals surface area (Å²) in [7, 11) is -6.33. The summed E-state index contributed by atoms with van der Waals surface area (Å²) in [6.45, 7) is -0.0541. The van der Waals surface area contributed by atoms with Gasteiger partial charge in [-0.3, -0.25) is 0 Å². The van der Waals surface area contributed by atoms with Crippen LogP contribution in [0.15, 0.2) is 14.5 Å². The van der Waals surface area contributed by atoms with Gasteiger partial charge in [-0.15, -0.1) is 11.3 Å². The zero-order chi connectivity index (χ0) is 14.4. The predicted molar refractivity (Wildman–Crippen MR) is 68.1 cm³/mol. The van der Waals surface area contributed by atoms with Gasteiger partial charge in [-0.1, -0.05) is 0 Å². The second-order valence-electron chi connectivity index (χ2n) is 4.23. The van der Waals surface area contributed by atoms with Crippen LogP contribution >= 0.6 is 11.3 Å². The fraction of sp³-hybridized carbons (Fsp3) is 0.556. The highest BCUT2D eigenvalue weighted by Gasteiger charge is 2.41. The lowest BCUT2D eigenvalue weighted by atomic mass is 10.1. The number of methoxy groups -OCH3 is 1. The van der Waals surface area contributed by atoms with E-state index in [1.807, 2.05) is 0 Å². The Hall–Kier alpha value is -0.520. The van der Waals surface area contributed by atoms with Crippen molar-refractivity contribution in [3.05, 3.63) is 11.6 Å². The molecule has 0 bridgehead atoms. The maximum Gasteiger partial charge on any atom is 0.247 e. The zero-order valence-electron chi connectivity index (χ0n) is 9.94. The van der Waals surface area contributed by atoms with Gasteiger partial charge >= 0.3 is 0 Å². The number of fused-ring (bicyclic) bond motifs is 1. The first-order valence-electron chi connectivity index (χ1n) is 5.25. The Balaban J connectivity index is 2.60. The maximum atomic E-state index is 12.3. The van der Waals surface area contributed by atoms with Crippen LogP contribution in [0.5, 0.6) is 0 Å². The summed E-state index contributed by atoms with van der Waals surface area (Å²) in [6.07, 6.45) is -1.06. The van der Waals surface area contributed by atoms with Crippen LogP contribution in [-0.2, 0) is 24.6 Å². The van der Waals surface area contributed by atoms with Crippen molar-refractivity contribution >= 4 is 31.2 Å². The fourth-order valence-electron chi connectivity index (χ4n) is 1.96. The van der Waals surface area contributed by atoms with Gasteiger partial charge in [-0.05, 0) is 12.5 Å². The molecule has 0 aromatic carbocycles. The van der Waals surface area contributed by atoms with Gasteiger partial charge in [-0.2, -0.15) is 0 Å². The number of aliphatic hydroxyl groups is 1. The summed E-state index contributed by atoms with van der Waals surface area (Å²) in [5, 5.41) is 14.0. The Morgan fingerprint density at radius 1 is 1.58 bits per heavy atom. The molecule has 2 atom stereocenters. The van der Waals surface area contributed by atoms with Gasteiger partial charge in [0.05, 0.1) is 18.0 Å². The number of sulfonamides is 1. The van der Waals surface area contributed by atoms with E-state index in [2.05, 4.69) is 0 Å². The molecule has 7 nitrogen and oxygen atoms in total. The quantitative estimate of drug-likeness (QED) is 0.780. The zero-order valence-corrected chi connectivity index (χ0v) is 12.4. The van der Waals surface area contributed by atoms with Crippen LogP contribution in [0, 0.1) is 0 Å². The predicted octanol–water partition coefficient (Wildman–Crippen LogP) is -0.379. The van der Waals surface area contributed by atoms with E-state index in [0.29, 0.717) is 11.3 Å². The van der Waals surface area contributed by atoms with Crippen molar-refractivity contribution in [3.8, 4) is 0 Å². The smallest absolute Gasteiger partial charge is 0.247 e. The molecule has 3 N–H and O–H groups in total. The van der Waals surface area contributed by atoms with Crippen molar-refractivity contribution < 1.29 is 26.7 Å². The topological polar surface area (TPSA) is 124 Å². The van der Waals surface area contributed by atoms with Gasteiger partial charge in [-0.25, -0.2) is 22.0 Å². The first-order chi connectivity index (χ1) is 8.67. The van der Waals surface area contributed by atoms with Crippen molar-refractivity contribution in [1.29, 1.82) is 0 Å². The van der Waals surface area contributed by atoms with Crippen LogP contribution in [0.3, 0.4) is 0 Å². The molecule has 10 heteroatoms. The molecule has 0 fully saturated rings. The SMILES string of the molecule is COCC1CC(O)c2cc(S(N)(=O)=O)sc2S1(=O)=O. The second kappa shape index (κ2) is 4.79. The summed E-state index contributed by atoms with van der Waals surface area (Å²) < 4.78 is 51.5. The van der Waals surface area contributed by atoms with E-state index in [9.17, 15) is 21.9 Å². The first kappa shape index (κ1) is 14.9. The molecular formula is C9H13NO6S3. The van der Waals surface area contributed by atoms with Gasteiger partial charge in [0.2, 0.25) is 10.0 Å². The molecule has 0 saturated carbocycles. The number of hydrogen-bond donors (Lipinski definition) is 2. The third-order valence-corrected chi connectivity index (χ3v) is 8.15. The van der Waals surface area contributed by atoms with E-state index in [4.69, 9.17) is 9.88 Å². The summed E-state index contributed by atoms with van der Waals surface area (Å²) in [5.41, 5.74) is 0.0985. The molecule has 0 saturated heterocycles. The number of thiophene rings is 1. The molecule has 0 radical (unpaired) electrons. The van der Waals surface area contributed by atoms with Gasteiger partial charge < -0.3 is 9.84 Å². The second-order valence-corrected chi connectivity index (χ2v) is 9.49. The summed E-state index contributed by atoms with van der Waals surface area (Å²) >= 11 is 0.566. The molecule has 1 aromatic heterocycles. The molecule has 1 aliphatic heterocycles. The van der Waals surface area contributed by atoms with E-state index < -0.39 is 31.2 Å². The van der Waals surface area contributed by atoms with E-state index >= 15 is 0 Å². The van der Waals surface area contributed by atoms with Crippen molar-refractivity contribution in [3.63, 3.8) is 0 Å². The number of nitrogens with two attached hydrogens (primary N) is 1. The van der Waals surface area contributed by atoms with Gasteiger partial charge in [0.1, 0.15) is 8.42 Å². The molecule has 2 unspecified atom stereocenters. The maximum absolute atomic E-state index is 12.3. The lowest BCUT2D eigenvalue weighted by Crippen LogP contribution is -2.32. The van der Waals surface area contributed by atoms with Crippen LogP contribution in [0.25, 0.3) is 0 Å². The number of sulfone groups is 1. The minimum absolute atomic E-state index is 0.0238. The number of ether oxygens (including phenoxy) is 1. The molecule has 0 spiro atoms. The van der Waals surface area contributed by atoms with E-state index in [-0.39, 0.29) is 27.0 Å². The van der Waals surface area contributed by atoms with Crippen molar-refractivity contribution in [2.24, 2.45) is 5.14 Å². The normalized spacial score (nSPS) is 26.1. The minimum Gasteiger partial charge on any atom is -0.388 e. The third-order valence-electron chi connectivity index (χ3n) is 2.88. The van der Waals surface area contributed by atoms with Crippen LogP contribution < -0.4 is 5.14 Å². The Morgan fingerprint density at radius 2 is 2.21 bits per heavy atom. The average Bonchev–Trinajstić information content (AvgIpc) is 2.72. The standard InChI is InChI=1S/C9H13NO6S3/c1-16-4-5-2-7(11)6-3-8(19(10,14)15)17-9(6)18(5,12)13/h3,5,7,11H,2,4H2,1H3,(H2,10,14,15). The molecular weight excluding hydrogens is 314 g/mol. The lowest BCUT2D eigenvalue weighted by Gasteiger charge is -2.25. The Bertz CT molecular complexity index is 690.